The fourth-order valence-electron chi connectivity index (χ4n) is 0.969. The standard InChI is InChI=1S/C10H18N4/c1-7-5-9(14-12-6-7)13-10(3,4)8(2)11/h5-6,8H,11H2,1-4H3,(H,13,14). The maximum atomic E-state index is 5.85. The van der Waals surface area contributed by atoms with Crippen LogP contribution in [0.25, 0.3) is 0 Å². The second-order valence-electron chi connectivity index (χ2n) is 4.25. The van der Waals surface area contributed by atoms with Gasteiger partial charge in [-0.25, -0.2) is 0 Å². The molecule has 0 saturated carbocycles. The van der Waals surface area contributed by atoms with E-state index in [0.717, 1.165) is 11.4 Å². The first-order chi connectivity index (χ1) is 6.42. The fourth-order valence-corrected chi connectivity index (χ4v) is 0.969. The van der Waals surface area contributed by atoms with Crippen molar-refractivity contribution in [1.29, 1.82) is 0 Å². The second-order valence-corrected chi connectivity index (χ2v) is 4.25. The van der Waals surface area contributed by atoms with Crippen molar-refractivity contribution in [3.8, 4) is 0 Å². The molecule has 1 heterocycles. The van der Waals surface area contributed by atoms with Crippen LogP contribution in [-0.2, 0) is 0 Å². The van der Waals surface area contributed by atoms with Gasteiger partial charge in [0, 0.05) is 11.6 Å². The minimum absolute atomic E-state index is 0.0461. The van der Waals surface area contributed by atoms with E-state index in [-0.39, 0.29) is 11.6 Å². The van der Waals surface area contributed by atoms with Crippen LogP contribution in [0.4, 0.5) is 5.82 Å². The third kappa shape index (κ3) is 2.67. The minimum atomic E-state index is -0.178. The highest BCUT2D eigenvalue weighted by Gasteiger charge is 2.22. The Morgan fingerprint density at radius 3 is 2.64 bits per heavy atom. The van der Waals surface area contributed by atoms with Crippen molar-refractivity contribution in [3.63, 3.8) is 0 Å². The lowest BCUT2D eigenvalue weighted by Gasteiger charge is -2.30. The predicted molar refractivity (Wildman–Crippen MR) is 58.1 cm³/mol. The quantitative estimate of drug-likeness (QED) is 0.761. The Hall–Kier alpha value is -1.16. The average molecular weight is 194 g/mol. The highest BCUT2D eigenvalue weighted by atomic mass is 15.2. The van der Waals surface area contributed by atoms with Crippen LogP contribution in [0.15, 0.2) is 12.3 Å². The van der Waals surface area contributed by atoms with Gasteiger partial charge in [0.05, 0.1) is 6.20 Å². The summed E-state index contributed by atoms with van der Waals surface area (Å²) in [6, 6.07) is 2.00. The van der Waals surface area contributed by atoms with E-state index in [1.165, 1.54) is 0 Å². The maximum absolute atomic E-state index is 5.85. The van der Waals surface area contributed by atoms with Gasteiger partial charge in [0.1, 0.15) is 5.82 Å². The average Bonchev–Trinajstić information content (AvgIpc) is 2.02. The summed E-state index contributed by atoms with van der Waals surface area (Å²) < 4.78 is 0. The first-order valence-corrected chi connectivity index (χ1v) is 4.75. The third-order valence-electron chi connectivity index (χ3n) is 2.38. The molecule has 0 saturated heterocycles. The number of nitrogens with one attached hydrogen (secondary N) is 1. The summed E-state index contributed by atoms with van der Waals surface area (Å²) in [5.74, 6) is 0.771. The first kappa shape index (κ1) is 10.9. The first-order valence-electron chi connectivity index (χ1n) is 4.75. The van der Waals surface area contributed by atoms with Gasteiger partial charge in [-0.3, -0.25) is 0 Å². The van der Waals surface area contributed by atoms with E-state index >= 15 is 0 Å². The van der Waals surface area contributed by atoms with Gasteiger partial charge in [0.15, 0.2) is 0 Å². The molecule has 0 aliphatic rings. The molecule has 4 nitrogen and oxygen atoms in total. The number of nitrogens with zero attached hydrogens (tertiary/aromatic N) is 2. The molecule has 0 aliphatic carbocycles. The summed E-state index contributed by atoms with van der Waals surface area (Å²) in [4.78, 5) is 0. The largest absolute Gasteiger partial charge is 0.362 e. The van der Waals surface area contributed by atoms with Crippen LogP contribution in [0.5, 0.6) is 0 Å². The monoisotopic (exact) mass is 194 g/mol. The van der Waals surface area contributed by atoms with Crippen molar-refractivity contribution < 1.29 is 0 Å². The predicted octanol–water partition coefficient (Wildman–Crippen LogP) is 1.32. The van der Waals surface area contributed by atoms with Crippen LogP contribution in [0.3, 0.4) is 0 Å². The number of nitrogens with two attached hydrogens (primary N) is 1. The molecule has 14 heavy (non-hydrogen) atoms. The van der Waals surface area contributed by atoms with E-state index in [1.807, 2.05) is 33.8 Å². The molecule has 3 N–H and O–H groups in total. The summed E-state index contributed by atoms with van der Waals surface area (Å²) in [7, 11) is 0. The summed E-state index contributed by atoms with van der Waals surface area (Å²) in [6.07, 6.45) is 1.73. The van der Waals surface area contributed by atoms with E-state index in [4.69, 9.17) is 5.73 Å². The van der Waals surface area contributed by atoms with Crippen molar-refractivity contribution in [3.05, 3.63) is 17.8 Å². The number of aromatic nitrogens is 2. The molecule has 0 spiro atoms. The molecular formula is C10H18N4. The van der Waals surface area contributed by atoms with Crippen LogP contribution in [0, 0.1) is 6.92 Å². The van der Waals surface area contributed by atoms with E-state index in [9.17, 15) is 0 Å². The van der Waals surface area contributed by atoms with Gasteiger partial charge >= 0.3 is 0 Å². The van der Waals surface area contributed by atoms with Crippen molar-refractivity contribution in [2.24, 2.45) is 5.73 Å². The number of rotatable bonds is 3. The smallest absolute Gasteiger partial charge is 0.149 e. The molecule has 0 aromatic carbocycles. The number of hydrogen-bond donors (Lipinski definition) is 2. The molecular weight excluding hydrogens is 176 g/mol. The second kappa shape index (κ2) is 3.92. The highest BCUT2D eigenvalue weighted by molar-refractivity contribution is 5.38. The lowest BCUT2D eigenvalue weighted by molar-refractivity contribution is 0.468. The fraction of sp³-hybridized carbons (Fsp3) is 0.600. The van der Waals surface area contributed by atoms with E-state index in [2.05, 4.69) is 15.5 Å². The Bertz CT molecular complexity index is 307. The molecule has 0 fully saturated rings. The Morgan fingerprint density at radius 1 is 1.50 bits per heavy atom. The lowest BCUT2D eigenvalue weighted by Crippen LogP contribution is -2.47. The van der Waals surface area contributed by atoms with Gasteiger partial charge in [-0.2, -0.15) is 5.10 Å². The van der Waals surface area contributed by atoms with Gasteiger partial charge in [0.2, 0.25) is 0 Å². The molecule has 1 rings (SSSR count). The van der Waals surface area contributed by atoms with Gasteiger partial charge in [-0.05, 0) is 39.3 Å². The minimum Gasteiger partial charge on any atom is -0.362 e. The summed E-state index contributed by atoms with van der Waals surface area (Å²) >= 11 is 0. The molecule has 1 aromatic heterocycles. The zero-order valence-corrected chi connectivity index (χ0v) is 9.20. The Labute approximate surface area is 84.9 Å². The van der Waals surface area contributed by atoms with E-state index in [1.54, 1.807) is 6.20 Å². The molecule has 1 unspecified atom stereocenters. The van der Waals surface area contributed by atoms with Crippen LogP contribution < -0.4 is 11.1 Å². The molecule has 78 valence electrons. The van der Waals surface area contributed by atoms with Crippen molar-refractivity contribution in [1.82, 2.24) is 10.2 Å². The van der Waals surface area contributed by atoms with Crippen LogP contribution in [0.2, 0.25) is 0 Å². The van der Waals surface area contributed by atoms with Crippen molar-refractivity contribution in [2.75, 3.05) is 5.32 Å². The van der Waals surface area contributed by atoms with Crippen molar-refractivity contribution >= 4 is 5.82 Å². The van der Waals surface area contributed by atoms with Gasteiger partial charge in [0.25, 0.3) is 0 Å². The van der Waals surface area contributed by atoms with Gasteiger partial charge in [-0.15, -0.1) is 5.10 Å². The molecule has 1 aromatic rings. The zero-order chi connectivity index (χ0) is 10.8. The van der Waals surface area contributed by atoms with Gasteiger partial charge in [-0.1, -0.05) is 0 Å². The normalized spacial score (nSPS) is 13.8. The topological polar surface area (TPSA) is 63.8 Å². The molecule has 0 aliphatic heterocycles. The summed E-state index contributed by atoms with van der Waals surface area (Å²) in [5.41, 5.74) is 6.75. The molecule has 0 radical (unpaired) electrons. The maximum Gasteiger partial charge on any atom is 0.149 e. The molecule has 1 atom stereocenters. The van der Waals surface area contributed by atoms with E-state index in [0.29, 0.717) is 0 Å². The van der Waals surface area contributed by atoms with Crippen LogP contribution in [0.1, 0.15) is 26.3 Å². The molecule has 0 amide bonds. The number of anilines is 1. The molecule has 0 bridgehead atoms. The van der Waals surface area contributed by atoms with Crippen molar-refractivity contribution in [2.45, 2.75) is 39.3 Å². The number of aryl methyl sites for hydroxylation is 1. The Morgan fingerprint density at radius 2 is 2.14 bits per heavy atom. The lowest BCUT2D eigenvalue weighted by atomic mass is 9.97. The SMILES string of the molecule is Cc1cnnc(NC(C)(C)C(C)N)c1. The Kier molecular flexibility index (Phi) is 3.06. The summed E-state index contributed by atoms with van der Waals surface area (Å²) in [5, 5.41) is 11.1. The van der Waals surface area contributed by atoms with Crippen LogP contribution in [-0.4, -0.2) is 21.8 Å². The van der Waals surface area contributed by atoms with Gasteiger partial charge < -0.3 is 11.1 Å². The van der Waals surface area contributed by atoms with Crippen LogP contribution >= 0.6 is 0 Å². The third-order valence-corrected chi connectivity index (χ3v) is 2.38. The molecule has 4 heteroatoms. The summed E-state index contributed by atoms with van der Waals surface area (Å²) in [6.45, 7) is 8.04. The zero-order valence-electron chi connectivity index (χ0n) is 9.20. The number of hydrogen-bond acceptors (Lipinski definition) is 4. The van der Waals surface area contributed by atoms with E-state index < -0.39 is 0 Å². The highest BCUT2D eigenvalue weighted by Crippen LogP contribution is 2.15. The Balaban J connectivity index is 2.78.